The third-order valence-electron chi connectivity index (χ3n) is 4.38. The van der Waals surface area contributed by atoms with Gasteiger partial charge in [0.1, 0.15) is 5.75 Å². The minimum atomic E-state index is -0.327. The van der Waals surface area contributed by atoms with Gasteiger partial charge in [0.25, 0.3) is 5.91 Å². The number of rotatable bonds is 9. The molecular weight excluding hydrogens is 378 g/mol. The van der Waals surface area contributed by atoms with E-state index in [9.17, 15) is 4.79 Å². The van der Waals surface area contributed by atoms with Crippen LogP contribution in [0.4, 0.5) is 5.69 Å². The highest BCUT2D eigenvalue weighted by molar-refractivity contribution is 5.92. The van der Waals surface area contributed by atoms with Crippen LogP contribution in [0, 0.1) is 0 Å². The molecule has 3 aromatic rings. The van der Waals surface area contributed by atoms with Crippen molar-refractivity contribution >= 4 is 17.4 Å². The Hall–Kier alpha value is -3.80. The van der Waals surface area contributed by atoms with E-state index in [2.05, 4.69) is 10.5 Å². The van der Waals surface area contributed by atoms with Crippen LogP contribution in [0.1, 0.15) is 24.0 Å². The quantitative estimate of drug-likeness (QED) is 0.319. The number of nitrogens with zero attached hydrogens (tertiary/aromatic N) is 1. The predicted molar refractivity (Wildman–Crippen MR) is 119 cm³/mol. The number of ether oxygens (including phenoxy) is 1. The Morgan fingerprint density at radius 1 is 0.933 bits per heavy atom. The van der Waals surface area contributed by atoms with E-state index in [4.69, 9.17) is 15.3 Å². The summed E-state index contributed by atoms with van der Waals surface area (Å²) in [4.78, 5) is 17.4. The normalized spacial score (nSPS) is 11.2. The Morgan fingerprint density at radius 3 is 2.03 bits per heavy atom. The zero-order chi connectivity index (χ0) is 21.2. The Kier molecular flexibility index (Phi) is 7.44. The van der Waals surface area contributed by atoms with Crippen molar-refractivity contribution in [3.05, 3.63) is 96.1 Å². The summed E-state index contributed by atoms with van der Waals surface area (Å²) in [6.45, 7) is 2.26. The van der Waals surface area contributed by atoms with Crippen LogP contribution >= 0.6 is 0 Å². The van der Waals surface area contributed by atoms with Crippen molar-refractivity contribution in [2.24, 2.45) is 10.9 Å². The molecule has 0 spiro atoms. The topological polar surface area (TPSA) is 85.9 Å². The molecule has 0 aliphatic rings. The van der Waals surface area contributed by atoms with E-state index < -0.39 is 0 Å². The first-order chi connectivity index (χ1) is 14.7. The second kappa shape index (κ2) is 10.7. The van der Waals surface area contributed by atoms with Crippen LogP contribution in [0.5, 0.6) is 5.75 Å². The fraction of sp³-hybridized carbons (Fsp3) is 0.167. The van der Waals surface area contributed by atoms with Crippen LogP contribution in [0.2, 0.25) is 0 Å². The molecule has 3 rings (SSSR count). The molecule has 0 bridgehead atoms. The van der Waals surface area contributed by atoms with Crippen LogP contribution in [0.3, 0.4) is 0 Å². The number of nitrogens with one attached hydrogen (secondary N) is 1. The average molecular weight is 403 g/mol. The van der Waals surface area contributed by atoms with E-state index in [1.54, 1.807) is 24.3 Å². The summed E-state index contributed by atoms with van der Waals surface area (Å²) in [5.41, 5.74) is 8.88. The van der Waals surface area contributed by atoms with E-state index in [1.165, 1.54) is 0 Å². The number of benzene rings is 3. The second-order valence-corrected chi connectivity index (χ2v) is 6.55. The van der Waals surface area contributed by atoms with Gasteiger partial charge in [-0.15, -0.1) is 0 Å². The molecule has 0 aliphatic carbocycles. The van der Waals surface area contributed by atoms with Crippen molar-refractivity contribution in [1.82, 2.24) is 0 Å². The highest BCUT2D eigenvalue weighted by atomic mass is 16.6. The van der Waals surface area contributed by atoms with E-state index in [1.807, 2.05) is 67.6 Å². The molecule has 0 aromatic heterocycles. The molecule has 3 N–H and O–H groups in total. The number of hydrogen-bond donors (Lipinski definition) is 2. The van der Waals surface area contributed by atoms with Gasteiger partial charge in [-0.25, -0.2) is 0 Å². The van der Waals surface area contributed by atoms with Gasteiger partial charge in [-0.1, -0.05) is 65.8 Å². The van der Waals surface area contributed by atoms with Crippen molar-refractivity contribution in [1.29, 1.82) is 0 Å². The fourth-order valence-corrected chi connectivity index (χ4v) is 3.04. The van der Waals surface area contributed by atoms with Gasteiger partial charge >= 0.3 is 0 Å². The maximum absolute atomic E-state index is 12.1. The van der Waals surface area contributed by atoms with E-state index >= 15 is 0 Å². The first kappa shape index (κ1) is 20.9. The van der Waals surface area contributed by atoms with Crippen molar-refractivity contribution in [2.45, 2.75) is 12.8 Å². The molecule has 3 aromatic carbocycles. The summed E-state index contributed by atoms with van der Waals surface area (Å²) in [6.07, 6.45) is 0. The average Bonchev–Trinajstić information content (AvgIpc) is 2.77. The highest BCUT2D eigenvalue weighted by Gasteiger charge is 2.19. The summed E-state index contributed by atoms with van der Waals surface area (Å²) in [6, 6.07) is 26.7. The van der Waals surface area contributed by atoms with Crippen LogP contribution in [-0.2, 0) is 9.63 Å². The third kappa shape index (κ3) is 5.85. The number of oxime groups is 1. The molecule has 0 aliphatic heterocycles. The molecule has 0 saturated carbocycles. The lowest BCUT2D eigenvalue weighted by Crippen LogP contribution is -2.24. The van der Waals surface area contributed by atoms with Gasteiger partial charge in [0.05, 0.1) is 12.5 Å². The third-order valence-corrected chi connectivity index (χ3v) is 4.38. The van der Waals surface area contributed by atoms with Gasteiger partial charge in [0, 0.05) is 5.69 Å². The smallest absolute Gasteiger partial charge is 0.265 e. The number of carbonyl (C=O) groups excluding carboxylic acids is 1. The lowest BCUT2D eigenvalue weighted by molar-refractivity contribution is -0.120. The van der Waals surface area contributed by atoms with Crippen LogP contribution in [0.25, 0.3) is 0 Å². The summed E-state index contributed by atoms with van der Waals surface area (Å²) in [5.74, 6) is 0.437. The molecule has 1 amide bonds. The highest BCUT2D eigenvalue weighted by Crippen LogP contribution is 2.24. The molecule has 0 unspecified atom stereocenters. The van der Waals surface area contributed by atoms with E-state index in [0.717, 1.165) is 16.9 Å². The van der Waals surface area contributed by atoms with E-state index in [0.29, 0.717) is 12.3 Å². The monoisotopic (exact) mass is 403 g/mol. The standard InChI is InChI=1S/C24H25N3O3/c1-2-29-21-15-13-20(14-16-21)26-22(28)17-30-27-24(25)23(18-9-5-3-6-10-18)19-11-7-4-8-12-19/h3-16,23H,2,17H2,1H3,(H2,25,27)(H,26,28). The molecule has 6 heteroatoms. The van der Waals surface area contributed by atoms with Gasteiger partial charge in [-0.3, -0.25) is 4.79 Å². The Bertz CT molecular complexity index is 919. The number of carbonyl (C=O) groups is 1. The Balaban J connectivity index is 1.62. The second-order valence-electron chi connectivity index (χ2n) is 6.55. The first-order valence-electron chi connectivity index (χ1n) is 9.75. The summed E-state index contributed by atoms with van der Waals surface area (Å²) in [7, 11) is 0. The van der Waals surface area contributed by atoms with Crippen molar-refractivity contribution in [3.8, 4) is 5.75 Å². The molecule has 154 valence electrons. The van der Waals surface area contributed by atoms with Crippen molar-refractivity contribution in [3.63, 3.8) is 0 Å². The molecule has 0 atom stereocenters. The Labute approximate surface area is 176 Å². The number of amides is 1. The fourth-order valence-electron chi connectivity index (χ4n) is 3.04. The minimum Gasteiger partial charge on any atom is -0.494 e. The summed E-state index contributed by atoms with van der Waals surface area (Å²) in [5, 5.41) is 6.76. The SMILES string of the molecule is CCOc1ccc(NC(=O)CO/N=C(/N)C(c2ccccc2)c2ccccc2)cc1. The number of amidine groups is 1. The molecular formula is C24H25N3O3. The summed E-state index contributed by atoms with van der Waals surface area (Å²) < 4.78 is 5.38. The predicted octanol–water partition coefficient (Wildman–Crippen LogP) is 4.14. The van der Waals surface area contributed by atoms with Gasteiger partial charge < -0.3 is 20.6 Å². The Morgan fingerprint density at radius 2 is 1.50 bits per heavy atom. The van der Waals surface area contributed by atoms with Crippen LogP contribution < -0.4 is 15.8 Å². The van der Waals surface area contributed by atoms with Gasteiger partial charge in [-0.2, -0.15) is 0 Å². The maximum atomic E-state index is 12.1. The lowest BCUT2D eigenvalue weighted by atomic mass is 9.90. The van der Waals surface area contributed by atoms with Gasteiger partial charge in [0.15, 0.2) is 12.4 Å². The molecule has 0 fully saturated rings. The zero-order valence-corrected chi connectivity index (χ0v) is 16.8. The van der Waals surface area contributed by atoms with Crippen molar-refractivity contribution < 1.29 is 14.4 Å². The molecule has 30 heavy (non-hydrogen) atoms. The number of nitrogens with two attached hydrogens (primary N) is 1. The molecule has 6 nitrogen and oxygen atoms in total. The lowest BCUT2D eigenvalue weighted by Gasteiger charge is -2.17. The maximum Gasteiger partial charge on any atom is 0.265 e. The van der Waals surface area contributed by atoms with Gasteiger partial charge in [0.2, 0.25) is 0 Å². The first-order valence-corrected chi connectivity index (χ1v) is 9.75. The number of hydrogen-bond acceptors (Lipinski definition) is 4. The van der Waals surface area contributed by atoms with Crippen LogP contribution in [0.15, 0.2) is 90.1 Å². The molecule has 0 saturated heterocycles. The van der Waals surface area contributed by atoms with E-state index in [-0.39, 0.29) is 24.3 Å². The largest absolute Gasteiger partial charge is 0.494 e. The zero-order valence-electron chi connectivity index (χ0n) is 16.8. The number of anilines is 1. The molecule has 0 radical (unpaired) electrons. The molecule has 0 heterocycles. The van der Waals surface area contributed by atoms with Crippen molar-refractivity contribution in [2.75, 3.05) is 18.5 Å². The summed E-state index contributed by atoms with van der Waals surface area (Å²) >= 11 is 0. The minimum absolute atomic E-state index is 0.246. The van der Waals surface area contributed by atoms with Gasteiger partial charge in [-0.05, 0) is 42.3 Å². The van der Waals surface area contributed by atoms with Crippen LogP contribution in [-0.4, -0.2) is 25.0 Å².